The van der Waals surface area contributed by atoms with Crippen LogP contribution in [-0.2, 0) is 9.53 Å². The minimum absolute atomic E-state index is 0.0166. The number of aliphatic carboxylic acids is 1. The van der Waals surface area contributed by atoms with Crippen molar-refractivity contribution in [2.75, 3.05) is 13.7 Å². The summed E-state index contributed by atoms with van der Waals surface area (Å²) in [5.74, 6) is -1.76. The van der Waals surface area contributed by atoms with Gasteiger partial charge in [-0.15, -0.1) is 5.10 Å². The number of ether oxygens (including phenoxy) is 1. The number of nitrogens with zero attached hydrogens (tertiary/aromatic N) is 3. The number of aromatic nitrogens is 3. The molecule has 25 heavy (non-hydrogen) atoms. The van der Waals surface area contributed by atoms with Crippen LogP contribution in [0.15, 0.2) is 24.3 Å². The normalized spacial score (nSPS) is 13.3. The van der Waals surface area contributed by atoms with Crippen LogP contribution < -0.4 is 5.32 Å². The summed E-state index contributed by atoms with van der Waals surface area (Å²) in [5, 5.41) is 15.7. The van der Waals surface area contributed by atoms with Crippen LogP contribution in [0.2, 0.25) is 0 Å². The maximum atomic E-state index is 13.0. The maximum absolute atomic E-state index is 13.0. The minimum atomic E-state index is -1.10. The first-order chi connectivity index (χ1) is 11.7. The van der Waals surface area contributed by atoms with Gasteiger partial charge in [0.1, 0.15) is 11.6 Å². The second kappa shape index (κ2) is 7.39. The Balaban J connectivity index is 2.23. The van der Waals surface area contributed by atoms with Crippen molar-refractivity contribution in [3.05, 3.63) is 41.7 Å². The molecule has 0 bridgehead atoms. The fourth-order valence-electron chi connectivity index (χ4n) is 2.43. The van der Waals surface area contributed by atoms with Crippen molar-refractivity contribution in [1.82, 2.24) is 20.1 Å². The molecule has 1 heterocycles. The Hall–Kier alpha value is -2.81. The van der Waals surface area contributed by atoms with Crippen LogP contribution in [0.4, 0.5) is 4.39 Å². The fourth-order valence-corrected chi connectivity index (χ4v) is 2.43. The molecule has 0 aliphatic rings. The van der Waals surface area contributed by atoms with Crippen LogP contribution in [0.3, 0.4) is 0 Å². The zero-order chi connectivity index (χ0) is 18.6. The number of aryl methyl sites for hydroxylation is 1. The molecule has 1 amide bonds. The number of amides is 1. The molecular formula is C16H19FN4O4. The van der Waals surface area contributed by atoms with Crippen LogP contribution in [0.1, 0.15) is 29.8 Å². The molecule has 0 saturated carbocycles. The number of benzene rings is 1. The highest BCUT2D eigenvalue weighted by Crippen LogP contribution is 2.13. The highest BCUT2D eigenvalue weighted by molar-refractivity contribution is 5.91. The van der Waals surface area contributed by atoms with Crippen LogP contribution in [0, 0.1) is 12.7 Å². The number of carbonyl (C=O) groups is 2. The summed E-state index contributed by atoms with van der Waals surface area (Å²) < 4.78 is 19.4. The summed E-state index contributed by atoms with van der Waals surface area (Å²) in [6.07, 6.45) is -0.315. The van der Waals surface area contributed by atoms with Gasteiger partial charge in [0.25, 0.3) is 5.91 Å². The van der Waals surface area contributed by atoms with Crippen molar-refractivity contribution in [3.63, 3.8) is 0 Å². The van der Waals surface area contributed by atoms with Gasteiger partial charge in [0.2, 0.25) is 5.82 Å². The highest BCUT2D eigenvalue weighted by Gasteiger charge is 2.31. The predicted octanol–water partition coefficient (Wildman–Crippen LogP) is 1.32. The number of methoxy groups -OCH3 is 1. The Kier molecular flexibility index (Phi) is 5.48. The lowest BCUT2D eigenvalue weighted by Gasteiger charge is -2.27. The van der Waals surface area contributed by atoms with E-state index in [1.165, 1.54) is 36.1 Å². The average Bonchev–Trinajstić information content (AvgIpc) is 2.89. The number of carboxylic acid groups (broad SMARTS) is 1. The molecule has 0 radical (unpaired) electrons. The second-order valence-corrected chi connectivity index (χ2v) is 5.89. The fraction of sp³-hybridized carbons (Fsp3) is 0.375. The van der Waals surface area contributed by atoms with E-state index in [0.717, 1.165) is 0 Å². The number of hydrogen-bond acceptors (Lipinski definition) is 5. The lowest BCUT2D eigenvalue weighted by Crippen LogP contribution is -2.51. The van der Waals surface area contributed by atoms with Gasteiger partial charge >= 0.3 is 5.97 Å². The third-order valence-corrected chi connectivity index (χ3v) is 3.46. The first kappa shape index (κ1) is 18.5. The first-order valence-corrected chi connectivity index (χ1v) is 7.47. The molecular weight excluding hydrogens is 331 g/mol. The maximum Gasteiger partial charge on any atom is 0.305 e. The van der Waals surface area contributed by atoms with E-state index in [1.54, 1.807) is 13.8 Å². The molecule has 0 saturated heterocycles. The zero-order valence-corrected chi connectivity index (χ0v) is 14.1. The number of halogens is 1. The molecule has 9 heteroatoms. The van der Waals surface area contributed by atoms with Crippen LogP contribution in [0.25, 0.3) is 5.69 Å². The predicted molar refractivity (Wildman–Crippen MR) is 86.1 cm³/mol. The van der Waals surface area contributed by atoms with Gasteiger partial charge in [-0.1, -0.05) is 0 Å². The lowest BCUT2D eigenvalue weighted by atomic mass is 9.99. The summed E-state index contributed by atoms with van der Waals surface area (Å²) in [7, 11) is 1.41. The summed E-state index contributed by atoms with van der Waals surface area (Å²) in [6.45, 7) is 3.23. The average molecular weight is 350 g/mol. The minimum Gasteiger partial charge on any atom is -0.481 e. The van der Waals surface area contributed by atoms with E-state index in [9.17, 15) is 14.0 Å². The van der Waals surface area contributed by atoms with Gasteiger partial charge in [0.15, 0.2) is 0 Å². The number of carboxylic acids is 1. The largest absolute Gasteiger partial charge is 0.481 e. The molecule has 2 N–H and O–H groups in total. The molecule has 2 rings (SSSR count). The smallest absolute Gasteiger partial charge is 0.305 e. The van der Waals surface area contributed by atoms with E-state index >= 15 is 0 Å². The van der Waals surface area contributed by atoms with E-state index in [-0.39, 0.29) is 24.7 Å². The Morgan fingerprint density at radius 3 is 2.56 bits per heavy atom. The zero-order valence-electron chi connectivity index (χ0n) is 14.1. The van der Waals surface area contributed by atoms with Gasteiger partial charge in [-0.25, -0.2) is 14.1 Å². The number of carbonyl (C=O) groups excluding carboxylic acids is 1. The first-order valence-electron chi connectivity index (χ1n) is 7.47. The molecule has 0 aliphatic carbocycles. The number of hydrogen-bond donors (Lipinski definition) is 2. The van der Waals surface area contributed by atoms with Crippen molar-refractivity contribution in [2.45, 2.75) is 25.8 Å². The second-order valence-electron chi connectivity index (χ2n) is 5.89. The van der Waals surface area contributed by atoms with E-state index in [0.29, 0.717) is 11.5 Å². The third kappa shape index (κ3) is 4.60. The summed E-state index contributed by atoms with van der Waals surface area (Å²) in [6, 6.07) is 5.58. The van der Waals surface area contributed by atoms with E-state index < -0.39 is 17.4 Å². The van der Waals surface area contributed by atoms with Crippen LogP contribution >= 0.6 is 0 Å². The third-order valence-electron chi connectivity index (χ3n) is 3.46. The summed E-state index contributed by atoms with van der Waals surface area (Å²) >= 11 is 0. The molecule has 1 aromatic heterocycles. The Morgan fingerprint density at radius 2 is 2.00 bits per heavy atom. The monoisotopic (exact) mass is 350 g/mol. The quantitative estimate of drug-likeness (QED) is 0.780. The molecule has 2 aromatic rings. The van der Waals surface area contributed by atoms with Gasteiger partial charge in [-0.2, -0.15) is 0 Å². The number of rotatable bonds is 7. The molecule has 1 atom stereocenters. The Labute approximate surface area is 143 Å². The molecule has 134 valence electrons. The van der Waals surface area contributed by atoms with Crippen molar-refractivity contribution in [2.24, 2.45) is 0 Å². The molecule has 0 fully saturated rings. The molecule has 1 unspecified atom stereocenters. The van der Waals surface area contributed by atoms with E-state index in [2.05, 4.69) is 15.4 Å². The molecule has 1 aromatic carbocycles. The van der Waals surface area contributed by atoms with Gasteiger partial charge < -0.3 is 15.2 Å². The summed E-state index contributed by atoms with van der Waals surface area (Å²) in [4.78, 5) is 27.5. The molecule has 0 spiro atoms. The molecule has 0 aliphatic heterocycles. The van der Waals surface area contributed by atoms with Crippen molar-refractivity contribution in [1.29, 1.82) is 0 Å². The summed E-state index contributed by atoms with van der Waals surface area (Å²) in [5.41, 5.74) is -0.553. The van der Waals surface area contributed by atoms with Gasteiger partial charge in [0, 0.05) is 7.11 Å². The SMILES string of the molecule is COCC(C)(CC(=O)O)NC(=O)c1nc(C)n(-c2ccc(F)cc2)n1. The Bertz CT molecular complexity index is 775. The van der Waals surface area contributed by atoms with Crippen molar-refractivity contribution >= 4 is 11.9 Å². The number of nitrogens with one attached hydrogen (secondary N) is 1. The van der Waals surface area contributed by atoms with Crippen LogP contribution in [-0.4, -0.2) is 51.0 Å². The van der Waals surface area contributed by atoms with E-state index in [4.69, 9.17) is 9.84 Å². The molecule has 8 nitrogen and oxygen atoms in total. The van der Waals surface area contributed by atoms with Crippen molar-refractivity contribution in [3.8, 4) is 5.69 Å². The van der Waals surface area contributed by atoms with Gasteiger partial charge in [-0.3, -0.25) is 9.59 Å². The van der Waals surface area contributed by atoms with Crippen molar-refractivity contribution < 1.29 is 23.8 Å². The lowest BCUT2D eigenvalue weighted by molar-refractivity contribution is -0.139. The van der Waals surface area contributed by atoms with E-state index in [1.807, 2.05) is 0 Å². The Morgan fingerprint density at radius 1 is 1.36 bits per heavy atom. The van der Waals surface area contributed by atoms with Crippen LogP contribution in [0.5, 0.6) is 0 Å². The highest BCUT2D eigenvalue weighted by atomic mass is 19.1. The van der Waals surface area contributed by atoms with Gasteiger partial charge in [0.05, 0.1) is 24.3 Å². The van der Waals surface area contributed by atoms with Gasteiger partial charge in [-0.05, 0) is 38.1 Å². The topological polar surface area (TPSA) is 106 Å². The standard InChI is InChI=1S/C16H19FN4O4/c1-10-18-14(20-21(10)12-6-4-11(17)5-7-12)15(24)19-16(2,9-25-3)8-13(22)23/h4-7H,8-9H2,1-3H3,(H,19,24)(H,22,23).